The summed E-state index contributed by atoms with van der Waals surface area (Å²) in [7, 11) is -3.37. The highest BCUT2D eigenvalue weighted by Crippen LogP contribution is 2.27. The zero-order valence-electron chi connectivity index (χ0n) is 12.8. The molecule has 120 valence electrons. The van der Waals surface area contributed by atoms with Crippen LogP contribution >= 0.6 is 23.1 Å². The lowest BCUT2D eigenvalue weighted by Crippen LogP contribution is -2.28. The van der Waals surface area contributed by atoms with Crippen molar-refractivity contribution < 1.29 is 8.42 Å². The summed E-state index contributed by atoms with van der Waals surface area (Å²) in [4.78, 5) is 1.12. The predicted molar refractivity (Wildman–Crippen MR) is 91.7 cm³/mol. The van der Waals surface area contributed by atoms with E-state index in [1.807, 2.05) is 13.2 Å². The van der Waals surface area contributed by atoms with Gasteiger partial charge in [0.25, 0.3) is 0 Å². The number of sulfonamides is 1. The Bertz CT molecular complexity index is 565. The smallest absolute Gasteiger partial charge is 0.250 e. The highest BCUT2D eigenvalue weighted by Gasteiger charge is 2.23. The predicted octanol–water partition coefficient (Wildman–Crippen LogP) is 2.59. The average molecular weight is 349 g/mol. The first-order chi connectivity index (χ1) is 9.92. The molecule has 1 heterocycles. The molecule has 0 saturated heterocycles. The van der Waals surface area contributed by atoms with Crippen LogP contribution in [0.15, 0.2) is 10.3 Å². The van der Waals surface area contributed by atoms with Gasteiger partial charge in [0, 0.05) is 24.0 Å². The van der Waals surface area contributed by atoms with E-state index in [0.717, 1.165) is 22.7 Å². The van der Waals surface area contributed by atoms with E-state index in [2.05, 4.69) is 17.0 Å². The average Bonchev–Trinajstić information content (AvgIpc) is 3.17. The summed E-state index contributed by atoms with van der Waals surface area (Å²) in [5.41, 5.74) is 1.06. The molecule has 7 heteroatoms. The fourth-order valence-corrected chi connectivity index (χ4v) is 5.42. The number of aryl methyl sites for hydroxylation is 1. The highest BCUT2D eigenvalue weighted by molar-refractivity contribution is 7.98. The zero-order chi connectivity index (χ0) is 15.5. The molecule has 1 aliphatic rings. The Morgan fingerprint density at radius 1 is 1.48 bits per heavy atom. The van der Waals surface area contributed by atoms with Crippen LogP contribution in [0, 0.1) is 12.8 Å². The number of nitrogens with one attached hydrogen (secondary N) is 2. The Balaban J connectivity index is 1.96. The van der Waals surface area contributed by atoms with Gasteiger partial charge in [0.05, 0.1) is 0 Å². The molecule has 2 rings (SSSR count). The van der Waals surface area contributed by atoms with Crippen molar-refractivity contribution in [2.45, 2.75) is 43.5 Å². The van der Waals surface area contributed by atoms with E-state index in [-0.39, 0.29) is 0 Å². The summed E-state index contributed by atoms with van der Waals surface area (Å²) in [5.74, 6) is 1.30. The first-order valence-corrected chi connectivity index (χ1v) is 10.9. The van der Waals surface area contributed by atoms with Crippen molar-refractivity contribution in [2.75, 3.05) is 18.6 Å². The van der Waals surface area contributed by atoms with E-state index in [1.165, 1.54) is 24.2 Å². The van der Waals surface area contributed by atoms with Crippen molar-refractivity contribution >= 4 is 33.1 Å². The van der Waals surface area contributed by atoms with Crippen molar-refractivity contribution in [1.82, 2.24) is 10.0 Å². The van der Waals surface area contributed by atoms with Crippen LogP contribution in [0.5, 0.6) is 0 Å². The lowest BCUT2D eigenvalue weighted by molar-refractivity contribution is 0.564. The van der Waals surface area contributed by atoms with Gasteiger partial charge in [-0.25, -0.2) is 13.1 Å². The molecule has 0 amide bonds. The third kappa shape index (κ3) is 5.25. The standard InChI is InChI=1S/C14H24N2O2S3/c1-10(9-19-3)7-16-21(17,18)14-6-11(2)13(20-14)8-15-12-4-5-12/h6,10,12,15-16H,4-5,7-9H2,1-3H3. The van der Waals surface area contributed by atoms with Crippen LogP contribution in [0.4, 0.5) is 0 Å². The normalized spacial score (nSPS) is 17.1. The van der Waals surface area contributed by atoms with Gasteiger partial charge in [0.1, 0.15) is 4.21 Å². The molecule has 21 heavy (non-hydrogen) atoms. The maximum atomic E-state index is 12.3. The fraction of sp³-hybridized carbons (Fsp3) is 0.714. The molecule has 1 aromatic rings. The van der Waals surface area contributed by atoms with Gasteiger partial charge in [0.15, 0.2) is 0 Å². The largest absolute Gasteiger partial charge is 0.309 e. The molecule has 1 saturated carbocycles. The van der Waals surface area contributed by atoms with Crippen LogP contribution in [0.3, 0.4) is 0 Å². The van der Waals surface area contributed by atoms with Gasteiger partial charge < -0.3 is 5.32 Å². The molecule has 1 atom stereocenters. The van der Waals surface area contributed by atoms with Crippen molar-refractivity contribution in [3.05, 3.63) is 16.5 Å². The summed E-state index contributed by atoms with van der Waals surface area (Å²) < 4.78 is 27.8. The Hall–Kier alpha value is -0.0800. The van der Waals surface area contributed by atoms with E-state index in [0.29, 0.717) is 22.7 Å². The van der Waals surface area contributed by atoms with Crippen LogP contribution in [0.25, 0.3) is 0 Å². The summed E-state index contributed by atoms with van der Waals surface area (Å²) in [6.07, 6.45) is 4.52. The van der Waals surface area contributed by atoms with Gasteiger partial charge in [0.2, 0.25) is 10.0 Å². The minimum absolute atomic E-state index is 0.340. The van der Waals surface area contributed by atoms with Crippen LogP contribution < -0.4 is 10.0 Å². The van der Waals surface area contributed by atoms with Gasteiger partial charge in [-0.15, -0.1) is 11.3 Å². The molecule has 0 spiro atoms. The maximum absolute atomic E-state index is 12.3. The molecule has 1 aliphatic carbocycles. The van der Waals surface area contributed by atoms with Gasteiger partial charge in [-0.2, -0.15) is 11.8 Å². The molecule has 1 fully saturated rings. The topological polar surface area (TPSA) is 58.2 Å². The Labute approximate surface area is 136 Å². The Morgan fingerprint density at radius 2 is 2.19 bits per heavy atom. The molecule has 0 aromatic carbocycles. The second kappa shape index (κ2) is 7.46. The molecular weight excluding hydrogens is 324 g/mol. The Morgan fingerprint density at radius 3 is 2.81 bits per heavy atom. The van der Waals surface area contributed by atoms with Gasteiger partial charge >= 0.3 is 0 Å². The van der Waals surface area contributed by atoms with E-state index in [9.17, 15) is 8.42 Å². The monoisotopic (exact) mass is 348 g/mol. The van der Waals surface area contributed by atoms with E-state index < -0.39 is 10.0 Å². The minimum atomic E-state index is -3.37. The quantitative estimate of drug-likeness (QED) is 0.720. The second-order valence-corrected chi connectivity index (χ2v) is 9.78. The molecule has 0 bridgehead atoms. The van der Waals surface area contributed by atoms with E-state index >= 15 is 0 Å². The minimum Gasteiger partial charge on any atom is -0.309 e. The highest BCUT2D eigenvalue weighted by atomic mass is 32.2. The maximum Gasteiger partial charge on any atom is 0.250 e. The number of rotatable bonds is 9. The number of hydrogen-bond donors (Lipinski definition) is 2. The molecule has 4 nitrogen and oxygen atoms in total. The molecule has 1 unspecified atom stereocenters. The molecule has 1 aromatic heterocycles. The number of thiophene rings is 1. The lowest BCUT2D eigenvalue weighted by Gasteiger charge is -2.10. The first kappa shape index (κ1) is 17.3. The van der Waals surface area contributed by atoms with Gasteiger partial charge in [-0.1, -0.05) is 6.92 Å². The third-order valence-electron chi connectivity index (χ3n) is 3.46. The SMILES string of the molecule is CSCC(C)CNS(=O)(=O)c1cc(C)c(CNC2CC2)s1. The van der Waals surface area contributed by atoms with E-state index in [1.54, 1.807) is 17.8 Å². The Kier molecular flexibility index (Phi) is 6.14. The zero-order valence-corrected chi connectivity index (χ0v) is 15.3. The molecular formula is C14H24N2O2S3. The fourth-order valence-electron chi connectivity index (χ4n) is 1.99. The van der Waals surface area contributed by atoms with Crippen molar-refractivity contribution in [3.8, 4) is 0 Å². The lowest BCUT2D eigenvalue weighted by atomic mass is 10.2. The van der Waals surface area contributed by atoms with Gasteiger partial charge in [-0.05, 0) is 49.3 Å². The molecule has 0 radical (unpaired) electrons. The van der Waals surface area contributed by atoms with Crippen molar-refractivity contribution in [3.63, 3.8) is 0 Å². The summed E-state index contributed by atoms with van der Waals surface area (Å²) >= 11 is 3.12. The number of hydrogen-bond acceptors (Lipinski definition) is 5. The molecule has 0 aliphatic heterocycles. The van der Waals surface area contributed by atoms with Crippen LogP contribution in [0.2, 0.25) is 0 Å². The summed E-state index contributed by atoms with van der Waals surface area (Å²) in [5, 5.41) is 3.44. The van der Waals surface area contributed by atoms with Crippen molar-refractivity contribution in [1.29, 1.82) is 0 Å². The van der Waals surface area contributed by atoms with Crippen molar-refractivity contribution in [2.24, 2.45) is 5.92 Å². The van der Waals surface area contributed by atoms with Crippen LogP contribution in [-0.4, -0.2) is 33.0 Å². The summed E-state index contributed by atoms with van der Waals surface area (Å²) in [6.45, 7) is 5.31. The molecule has 2 N–H and O–H groups in total. The van der Waals surface area contributed by atoms with Crippen LogP contribution in [-0.2, 0) is 16.6 Å². The first-order valence-electron chi connectivity index (χ1n) is 7.23. The third-order valence-corrected chi connectivity index (χ3v) is 7.50. The number of thioether (sulfide) groups is 1. The summed E-state index contributed by atoms with van der Waals surface area (Å²) in [6, 6.07) is 2.42. The van der Waals surface area contributed by atoms with Crippen LogP contribution in [0.1, 0.15) is 30.2 Å². The van der Waals surface area contributed by atoms with Gasteiger partial charge in [-0.3, -0.25) is 0 Å². The second-order valence-electron chi connectivity index (χ2n) is 5.74. The van der Waals surface area contributed by atoms with E-state index in [4.69, 9.17) is 0 Å².